The van der Waals surface area contributed by atoms with E-state index in [-0.39, 0.29) is 23.8 Å². The van der Waals surface area contributed by atoms with E-state index in [0.717, 1.165) is 17.2 Å². The molecule has 1 atom stereocenters. The number of aryl methyl sites for hydroxylation is 1. The predicted octanol–water partition coefficient (Wildman–Crippen LogP) is 5.21. The molecule has 6 heteroatoms. The van der Waals surface area contributed by atoms with Crippen LogP contribution in [0.1, 0.15) is 45.8 Å². The highest BCUT2D eigenvalue weighted by atomic mass is 16.2. The van der Waals surface area contributed by atoms with E-state index in [9.17, 15) is 9.59 Å². The van der Waals surface area contributed by atoms with Gasteiger partial charge in [-0.25, -0.2) is 0 Å². The zero-order valence-electron chi connectivity index (χ0n) is 24.4. The fraction of sp³-hybridized carbons (Fsp3) is 0.314. The predicted molar refractivity (Wildman–Crippen MR) is 168 cm³/mol. The third kappa shape index (κ3) is 8.03. The molecule has 0 aromatic heterocycles. The lowest BCUT2D eigenvalue weighted by Crippen LogP contribution is -2.48. The van der Waals surface area contributed by atoms with Crippen molar-refractivity contribution in [2.24, 2.45) is 5.73 Å². The monoisotopic (exact) mass is 550 g/mol. The minimum Gasteiger partial charge on any atom is -0.343 e. The Bertz CT molecular complexity index is 1380. The first-order valence-electron chi connectivity index (χ1n) is 14.4. The first-order valence-corrected chi connectivity index (χ1v) is 14.4. The molecule has 0 spiro atoms. The maximum atomic E-state index is 13.7. The Kier molecular flexibility index (Phi) is 10.7. The molecule has 0 aliphatic carbocycles. The molecule has 0 saturated heterocycles. The number of hydrogen-bond acceptors (Lipinski definition) is 4. The molecule has 0 radical (unpaired) electrons. The molecule has 4 aromatic carbocycles. The zero-order valence-corrected chi connectivity index (χ0v) is 24.4. The molecule has 4 aromatic rings. The van der Waals surface area contributed by atoms with Gasteiger partial charge < -0.3 is 20.9 Å². The quantitative estimate of drug-likeness (QED) is 0.240. The second kappa shape index (κ2) is 14.6. The molecule has 0 unspecified atom stereocenters. The van der Waals surface area contributed by atoms with E-state index in [4.69, 9.17) is 5.73 Å². The number of carbonyl (C=O) groups is 2. The summed E-state index contributed by atoms with van der Waals surface area (Å²) in [4.78, 5) is 30.3. The van der Waals surface area contributed by atoms with Crippen LogP contribution in [0.15, 0.2) is 97.1 Å². The largest absolute Gasteiger partial charge is 0.343 e. The number of nitrogens with one attached hydrogen (secondary N) is 1. The average molecular weight is 551 g/mol. The summed E-state index contributed by atoms with van der Waals surface area (Å²) in [6, 6.07) is 32.3. The number of rotatable bonds is 13. The van der Waals surface area contributed by atoms with Crippen LogP contribution in [0, 0.1) is 6.92 Å². The summed E-state index contributed by atoms with van der Waals surface area (Å²) in [5.74, 6) is 0.0648. The van der Waals surface area contributed by atoms with Crippen LogP contribution in [0.4, 0.5) is 0 Å². The van der Waals surface area contributed by atoms with Crippen LogP contribution < -0.4 is 11.1 Å². The number of hydrogen-bond donors (Lipinski definition) is 2. The zero-order chi connectivity index (χ0) is 29.2. The van der Waals surface area contributed by atoms with Crippen molar-refractivity contribution < 1.29 is 9.59 Å². The van der Waals surface area contributed by atoms with E-state index in [2.05, 4.69) is 48.6 Å². The second-order valence-corrected chi connectivity index (χ2v) is 10.8. The molecule has 6 nitrogen and oxygen atoms in total. The standard InChI is InChI=1S/C35H42N4O2/c1-26-16-17-30-24-31(19-18-29(30)23-26)34(40)38(2)22-21-37-33(15-10-20-36)35(41)39(3)25-32(27-11-6-4-7-12-27)28-13-8-5-9-14-28/h4-9,11-14,16-19,23-24,32-33,37H,10,15,20-22,25,36H2,1-3H3/t33-/m0/s1. The number of nitrogens with zero attached hydrogens (tertiary/aromatic N) is 2. The second-order valence-electron chi connectivity index (χ2n) is 10.8. The normalized spacial score (nSPS) is 11.9. The van der Waals surface area contributed by atoms with Gasteiger partial charge in [-0.05, 0) is 60.3 Å². The van der Waals surface area contributed by atoms with Crippen LogP contribution in [-0.2, 0) is 4.79 Å². The highest BCUT2D eigenvalue weighted by molar-refractivity contribution is 5.98. The summed E-state index contributed by atoms with van der Waals surface area (Å²) >= 11 is 0. The molecule has 214 valence electrons. The summed E-state index contributed by atoms with van der Waals surface area (Å²) in [6.07, 6.45) is 1.38. The van der Waals surface area contributed by atoms with Crippen molar-refractivity contribution >= 4 is 22.6 Å². The van der Waals surface area contributed by atoms with E-state index < -0.39 is 0 Å². The number of fused-ring (bicyclic) bond motifs is 1. The Morgan fingerprint density at radius 2 is 1.41 bits per heavy atom. The SMILES string of the molecule is Cc1ccc2cc(C(=O)N(C)CCN[C@@H](CCCN)C(=O)N(C)CC(c3ccccc3)c3ccccc3)ccc2c1. The minimum atomic E-state index is -0.372. The Morgan fingerprint density at radius 3 is 2.05 bits per heavy atom. The molecule has 0 heterocycles. The van der Waals surface area contributed by atoms with E-state index in [1.807, 2.05) is 72.6 Å². The molecule has 41 heavy (non-hydrogen) atoms. The number of benzene rings is 4. The van der Waals surface area contributed by atoms with Crippen molar-refractivity contribution in [2.45, 2.75) is 31.7 Å². The van der Waals surface area contributed by atoms with Crippen LogP contribution in [0.5, 0.6) is 0 Å². The van der Waals surface area contributed by atoms with Crippen molar-refractivity contribution in [1.29, 1.82) is 0 Å². The molecular formula is C35H42N4O2. The van der Waals surface area contributed by atoms with Gasteiger partial charge in [0.15, 0.2) is 0 Å². The van der Waals surface area contributed by atoms with Crippen LogP contribution in [0.25, 0.3) is 10.8 Å². The molecule has 0 bridgehead atoms. The van der Waals surface area contributed by atoms with Crippen molar-refractivity contribution in [3.63, 3.8) is 0 Å². The summed E-state index contributed by atoms with van der Waals surface area (Å²) in [5.41, 5.74) is 10.0. The summed E-state index contributed by atoms with van der Waals surface area (Å²) < 4.78 is 0. The average Bonchev–Trinajstić information content (AvgIpc) is 3.01. The molecule has 0 aliphatic heterocycles. The lowest BCUT2D eigenvalue weighted by molar-refractivity contribution is -0.132. The van der Waals surface area contributed by atoms with Gasteiger partial charge in [0.2, 0.25) is 5.91 Å². The van der Waals surface area contributed by atoms with Gasteiger partial charge in [-0.3, -0.25) is 9.59 Å². The Hall–Kier alpha value is -4.00. The summed E-state index contributed by atoms with van der Waals surface area (Å²) in [5, 5.41) is 5.59. The number of nitrogens with two attached hydrogens (primary N) is 1. The first-order chi connectivity index (χ1) is 19.9. The van der Waals surface area contributed by atoms with Gasteiger partial charge in [0.25, 0.3) is 5.91 Å². The van der Waals surface area contributed by atoms with E-state index in [0.29, 0.717) is 38.2 Å². The maximum Gasteiger partial charge on any atom is 0.253 e. The van der Waals surface area contributed by atoms with Crippen LogP contribution >= 0.6 is 0 Å². The number of carbonyl (C=O) groups excluding carboxylic acids is 2. The number of likely N-dealkylation sites (N-methyl/N-ethyl adjacent to an activating group) is 2. The van der Waals surface area contributed by atoms with Gasteiger partial charge in [-0.1, -0.05) is 90.5 Å². The summed E-state index contributed by atoms with van der Waals surface area (Å²) in [7, 11) is 3.67. The van der Waals surface area contributed by atoms with Crippen LogP contribution in [-0.4, -0.2) is 67.9 Å². The van der Waals surface area contributed by atoms with Gasteiger partial charge >= 0.3 is 0 Å². The van der Waals surface area contributed by atoms with Crippen molar-refractivity contribution in [3.8, 4) is 0 Å². The maximum absolute atomic E-state index is 13.7. The Labute approximate surface area is 244 Å². The highest BCUT2D eigenvalue weighted by Gasteiger charge is 2.25. The minimum absolute atomic E-state index is 0.0362. The molecule has 0 fully saturated rings. The van der Waals surface area contributed by atoms with Gasteiger partial charge in [0.05, 0.1) is 6.04 Å². The molecular weight excluding hydrogens is 508 g/mol. The van der Waals surface area contributed by atoms with E-state index >= 15 is 0 Å². The fourth-order valence-electron chi connectivity index (χ4n) is 5.27. The Morgan fingerprint density at radius 1 is 0.805 bits per heavy atom. The molecule has 0 saturated carbocycles. The smallest absolute Gasteiger partial charge is 0.253 e. The van der Waals surface area contributed by atoms with E-state index in [1.54, 1.807) is 11.9 Å². The van der Waals surface area contributed by atoms with Gasteiger partial charge in [0, 0.05) is 45.2 Å². The molecule has 3 N–H and O–H groups in total. The Balaban J connectivity index is 1.39. The van der Waals surface area contributed by atoms with Crippen LogP contribution in [0.3, 0.4) is 0 Å². The molecule has 0 aliphatic rings. The third-order valence-corrected chi connectivity index (χ3v) is 7.66. The topological polar surface area (TPSA) is 78.7 Å². The van der Waals surface area contributed by atoms with Gasteiger partial charge in [-0.2, -0.15) is 0 Å². The van der Waals surface area contributed by atoms with Crippen molar-refractivity contribution in [3.05, 3.63) is 119 Å². The first kappa shape index (κ1) is 30.0. The van der Waals surface area contributed by atoms with Crippen LogP contribution in [0.2, 0.25) is 0 Å². The van der Waals surface area contributed by atoms with Gasteiger partial charge in [-0.15, -0.1) is 0 Å². The van der Waals surface area contributed by atoms with Crippen molar-refractivity contribution in [1.82, 2.24) is 15.1 Å². The third-order valence-electron chi connectivity index (χ3n) is 7.66. The summed E-state index contributed by atoms with van der Waals surface area (Å²) in [6.45, 7) is 4.13. The van der Waals surface area contributed by atoms with Crippen molar-refractivity contribution in [2.75, 3.05) is 40.3 Å². The molecule has 4 rings (SSSR count). The van der Waals surface area contributed by atoms with E-state index in [1.165, 1.54) is 16.7 Å². The lowest BCUT2D eigenvalue weighted by atomic mass is 9.90. The number of amides is 2. The highest BCUT2D eigenvalue weighted by Crippen LogP contribution is 2.26. The fourth-order valence-corrected chi connectivity index (χ4v) is 5.27. The lowest BCUT2D eigenvalue weighted by Gasteiger charge is -2.29. The molecule has 2 amide bonds. The van der Waals surface area contributed by atoms with Gasteiger partial charge in [0.1, 0.15) is 0 Å².